The van der Waals surface area contributed by atoms with E-state index in [1.54, 1.807) is 0 Å². The van der Waals surface area contributed by atoms with Gasteiger partial charge in [0.2, 0.25) is 0 Å². The van der Waals surface area contributed by atoms with E-state index in [0.29, 0.717) is 30.0 Å². The number of hydrogen-bond donors (Lipinski definition) is 3. The summed E-state index contributed by atoms with van der Waals surface area (Å²) in [6, 6.07) is 16.4. The van der Waals surface area contributed by atoms with E-state index < -0.39 is 0 Å². The second-order valence-electron chi connectivity index (χ2n) is 10.4. The average Bonchev–Trinajstić information content (AvgIpc) is 3.45. The van der Waals surface area contributed by atoms with Gasteiger partial charge in [0.15, 0.2) is 0 Å². The van der Waals surface area contributed by atoms with E-state index in [4.69, 9.17) is 0 Å². The predicted molar refractivity (Wildman–Crippen MR) is 127 cm³/mol. The zero-order chi connectivity index (χ0) is 22.4. The van der Waals surface area contributed by atoms with Crippen LogP contribution in [0.5, 0.6) is 0 Å². The van der Waals surface area contributed by atoms with Gasteiger partial charge in [-0.25, -0.2) is 10.2 Å². The van der Waals surface area contributed by atoms with Gasteiger partial charge < -0.3 is 10.2 Å². The second-order valence-corrected chi connectivity index (χ2v) is 10.4. The minimum atomic E-state index is 0.133. The minimum absolute atomic E-state index is 0.133. The highest BCUT2D eigenvalue weighted by atomic mass is 16.2. The monoisotopic (exact) mass is 446 g/mol. The van der Waals surface area contributed by atoms with Crippen molar-refractivity contribution >= 4 is 6.03 Å². The number of urea groups is 1. The highest BCUT2D eigenvalue weighted by molar-refractivity contribution is 5.76. The maximum atomic E-state index is 13.1. The molecule has 4 aliphatic rings. The number of hydrogen-bond acceptors (Lipinski definition) is 5. The molecule has 4 heterocycles. The average molecular weight is 447 g/mol. The first-order valence-electron chi connectivity index (χ1n) is 12.4. The summed E-state index contributed by atoms with van der Waals surface area (Å²) in [4.78, 5) is 22.1. The number of rotatable bonds is 4. The molecule has 6 rings (SSSR count). The van der Waals surface area contributed by atoms with Crippen molar-refractivity contribution in [1.29, 1.82) is 0 Å². The predicted octanol–water partition coefficient (Wildman–Crippen LogP) is 2.60. The molecule has 3 saturated heterocycles. The fourth-order valence-electron chi connectivity index (χ4n) is 6.57. The quantitative estimate of drug-likeness (QED) is 0.673. The molecule has 174 valence electrons. The molecule has 1 aromatic heterocycles. The van der Waals surface area contributed by atoms with Gasteiger partial charge in [-0.1, -0.05) is 30.3 Å². The van der Waals surface area contributed by atoms with Gasteiger partial charge in [0.05, 0.1) is 6.04 Å². The number of pyridine rings is 1. The molecular weight excluding hydrogens is 412 g/mol. The summed E-state index contributed by atoms with van der Waals surface area (Å²) >= 11 is 0. The molecule has 1 saturated carbocycles. The number of nitrogens with zero attached hydrogens (tertiary/aromatic N) is 3. The van der Waals surface area contributed by atoms with Crippen molar-refractivity contribution in [3.05, 3.63) is 65.5 Å². The maximum Gasteiger partial charge on any atom is 0.317 e. The summed E-state index contributed by atoms with van der Waals surface area (Å²) in [5.41, 5.74) is 10.8. The number of fused-ring (bicyclic) bond motifs is 2. The van der Waals surface area contributed by atoms with E-state index in [0.717, 1.165) is 51.1 Å². The van der Waals surface area contributed by atoms with Crippen LogP contribution in [0, 0.1) is 18.8 Å². The molecule has 5 unspecified atom stereocenters. The molecule has 2 aromatic rings. The number of likely N-dealkylation sites (tertiary alicyclic amines) is 1. The van der Waals surface area contributed by atoms with Gasteiger partial charge in [-0.2, -0.15) is 0 Å². The van der Waals surface area contributed by atoms with Crippen LogP contribution in [0.25, 0.3) is 0 Å². The Labute approximate surface area is 195 Å². The molecule has 0 radical (unpaired) electrons. The summed E-state index contributed by atoms with van der Waals surface area (Å²) in [5.74, 6) is 1.03. The number of carbonyl (C=O) groups excluding carboxylic acids is 1. The second kappa shape index (κ2) is 8.70. The van der Waals surface area contributed by atoms with Crippen LogP contribution in [-0.2, 0) is 6.54 Å². The molecule has 7 heteroatoms. The first-order valence-corrected chi connectivity index (χ1v) is 12.4. The van der Waals surface area contributed by atoms with E-state index in [1.807, 2.05) is 6.20 Å². The fraction of sp³-hybridized carbons (Fsp3) is 0.538. The third kappa shape index (κ3) is 4.14. The van der Waals surface area contributed by atoms with Crippen LogP contribution in [0.3, 0.4) is 0 Å². The van der Waals surface area contributed by atoms with Crippen LogP contribution in [0.2, 0.25) is 0 Å². The van der Waals surface area contributed by atoms with Gasteiger partial charge >= 0.3 is 6.03 Å². The smallest absolute Gasteiger partial charge is 0.317 e. The normalized spacial score (nSPS) is 34.1. The Morgan fingerprint density at radius 2 is 1.94 bits per heavy atom. The number of nitrogens with one attached hydrogen (secondary N) is 3. The number of hydrazine groups is 1. The number of aryl methyl sites for hydroxylation is 1. The highest BCUT2D eigenvalue weighted by Crippen LogP contribution is 2.42. The number of carbonyl (C=O) groups is 1. The Morgan fingerprint density at radius 3 is 2.79 bits per heavy atom. The Morgan fingerprint density at radius 1 is 1.06 bits per heavy atom. The van der Waals surface area contributed by atoms with Gasteiger partial charge in [0.1, 0.15) is 0 Å². The lowest BCUT2D eigenvalue weighted by atomic mass is 9.71. The topological polar surface area (TPSA) is 72.5 Å². The standard InChI is InChI=1S/C26H34N6O/c1-17-11-19(7-9-27-17)25-22-12-20-15-32(26(33)28-23(20)13-24(22)29-30-25)21-8-10-31(16-21)14-18-5-3-2-4-6-18/h2-7,9,11,20-25,29-30H,8,10,12-16H2,1H3,(H,28,33)/t20?,21-,22?,23?,24?,25?/m1/s1. The van der Waals surface area contributed by atoms with Crippen molar-refractivity contribution in [3.63, 3.8) is 0 Å². The molecule has 7 nitrogen and oxygen atoms in total. The fourth-order valence-corrected chi connectivity index (χ4v) is 6.57. The first-order chi connectivity index (χ1) is 16.1. The Bertz CT molecular complexity index is 999. The van der Waals surface area contributed by atoms with Crippen LogP contribution < -0.4 is 16.2 Å². The third-order valence-electron chi connectivity index (χ3n) is 8.24. The highest BCUT2D eigenvalue weighted by Gasteiger charge is 2.48. The van der Waals surface area contributed by atoms with Gasteiger partial charge in [0.25, 0.3) is 0 Å². The van der Waals surface area contributed by atoms with E-state index in [9.17, 15) is 4.79 Å². The van der Waals surface area contributed by atoms with Crippen LogP contribution >= 0.6 is 0 Å². The van der Waals surface area contributed by atoms with E-state index in [-0.39, 0.29) is 12.1 Å². The number of aromatic nitrogens is 1. The van der Waals surface area contributed by atoms with Gasteiger partial charge in [-0.3, -0.25) is 15.3 Å². The van der Waals surface area contributed by atoms with Crippen LogP contribution in [-0.4, -0.2) is 58.6 Å². The van der Waals surface area contributed by atoms with Crippen molar-refractivity contribution in [1.82, 2.24) is 31.0 Å². The Hall–Kier alpha value is -2.48. The van der Waals surface area contributed by atoms with Crippen molar-refractivity contribution in [2.24, 2.45) is 11.8 Å². The van der Waals surface area contributed by atoms with Crippen LogP contribution in [0.4, 0.5) is 4.79 Å². The van der Waals surface area contributed by atoms with E-state index in [2.05, 4.69) is 80.3 Å². The summed E-state index contributed by atoms with van der Waals surface area (Å²) in [7, 11) is 0. The number of amides is 2. The Balaban J connectivity index is 1.12. The zero-order valence-electron chi connectivity index (χ0n) is 19.3. The molecule has 6 atom stereocenters. The molecule has 3 aliphatic heterocycles. The lowest BCUT2D eigenvalue weighted by Gasteiger charge is -2.47. The van der Waals surface area contributed by atoms with Gasteiger partial charge in [-0.05, 0) is 61.3 Å². The molecule has 0 bridgehead atoms. The molecule has 3 N–H and O–H groups in total. The van der Waals surface area contributed by atoms with Gasteiger partial charge in [-0.15, -0.1) is 0 Å². The molecule has 4 fully saturated rings. The summed E-state index contributed by atoms with van der Waals surface area (Å²) < 4.78 is 0. The molecular formula is C26H34N6O. The summed E-state index contributed by atoms with van der Waals surface area (Å²) in [6.45, 7) is 5.92. The first kappa shape index (κ1) is 21.1. The van der Waals surface area contributed by atoms with Crippen molar-refractivity contribution in [2.75, 3.05) is 19.6 Å². The molecule has 1 aromatic carbocycles. The van der Waals surface area contributed by atoms with Crippen LogP contribution in [0.15, 0.2) is 48.7 Å². The lowest BCUT2D eigenvalue weighted by Crippen LogP contribution is -2.63. The van der Waals surface area contributed by atoms with Gasteiger partial charge in [0, 0.05) is 56.2 Å². The molecule has 33 heavy (non-hydrogen) atoms. The molecule has 1 aliphatic carbocycles. The van der Waals surface area contributed by atoms with Crippen LogP contribution in [0.1, 0.15) is 42.1 Å². The lowest BCUT2D eigenvalue weighted by molar-refractivity contribution is 0.0812. The maximum absolute atomic E-state index is 13.1. The number of benzene rings is 1. The SMILES string of the molecule is Cc1cc(C2NNC3CC4NC(=O)N([C@@H]5CCN(Cc6ccccc6)C5)CC4CC32)ccn1. The van der Waals surface area contributed by atoms with Crippen molar-refractivity contribution < 1.29 is 4.79 Å². The largest absolute Gasteiger partial charge is 0.335 e. The van der Waals surface area contributed by atoms with E-state index in [1.165, 1.54) is 11.1 Å². The minimum Gasteiger partial charge on any atom is -0.335 e. The van der Waals surface area contributed by atoms with Crippen molar-refractivity contribution in [3.8, 4) is 0 Å². The molecule has 0 spiro atoms. The molecule has 2 amide bonds. The summed E-state index contributed by atoms with van der Waals surface area (Å²) in [5, 5.41) is 3.38. The Kier molecular flexibility index (Phi) is 5.56. The van der Waals surface area contributed by atoms with Crippen molar-refractivity contribution in [2.45, 2.75) is 56.9 Å². The summed E-state index contributed by atoms with van der Waals surface area (Å²) in [6.07, 6.45) is 5.09. The van der Waals surface area contributed by atoms with E-state index >= 15 is 0 Å². The zero-order valence-corrected chi connectivity index (χ0v) is 19.3. The third-order valence-corrected chi connectivity index (χ3v) is 8.24.